The first-order valence-corrected chi connectivity index (χ1v) is 8.91. The molecule has 0 atom stereocenters. The minimum absolute atomic E-state index is 0.0494. The fourth-order valence-electron chi connectivity index (χ4n) is 3.21. The molecule has 2 amide bonds. The lowest BCUT2D eigenvalue weighted by molar-refractivity contribution is 0.0642. The van der Waals surface area contributed by atoms with Crippen LogP contribution in [-0.2, 0) is 6.54 Å². The molecule has 1 aliphatic heterocycles. The zero-order valence-electron chi connectivity index (χ0n) is 14.4. The molecule has 4 rings (SSSR count). The third kappa shape index (κ3) is 2.83. The van der Waals surface area contributed by atoms with Gasteiger partial charge in [-0.3, -0.25) is 14.5 Å². The second kappa shape index (κ2) is 6.22. The van der Waals surface area contributed by atoms with Crippen molar-refractivity contribution >= 4 is 46.0 Å². The van der Waals surface area contributed by atoms with Crippen molar-refractivity contribution in [1.82, 2.24) is 4.90 Å². The summed E-state index contributed by atoms with van der Waals surface area (Å²) in [6.07, 6.45) is 0. The molecule has 1 aliphatic rings. The molecule has 7 heteroatoms. The number of carbonyl (C=O) groups is 2. The lowest BCUT2D eigenvalue weighted by atomic mass is 10.0. The summed E-state index contributed by atoms with van der Waals surface area (Å²) in [5.41, 5.74) is 2.82. The summed E-state index contributed by atoms with van der Waals surface area (Å²) in [5, 5.41) is 1.09. The van der Waals surface area contributed by atoms with Crippen molar-refractivity contribution in [3.63, 3.8) is 0 Å². The molecule has 5 nitrogen and oxygen atoms in total. The number of amides is 2. The van der Waals surface area contributed by atoms with Crippen LogP contribution >= 0.6 is 23.2 Å². The number of hydrogen-bond acceptors (Lipinski definition) is 4. The number of fused-ring (bicyclic) bond motifs is 2. The number of imide groups is 1. The monoisotopic (exact) mass is 401 g/mol. The molecule has 2 aromatic carbocycles. The van der Waals surface area contributed by atoms with Gasteiger partial charge in [0.2, 0.25) is 0 Å². The summed E-state index contributed by atoms with van der Waals surface area (Å²) in [5.74, 6) is -0.947. The highest BCUT2D eigenvalue weighted by Gasteiger charge is 2.36. The van der Waals surface area contributed by atoms with E-state index in [1.807, 2.05) is 19.9 Å². The first-order chi connectivity index (χ1) is 12.8. The molecule has 27 heavy (non-hydrogen) atoms. The fourth-order valence-corrected chi connectivity index (χ4v) is 3.54. The van der Waals surface area contributed by atoms with Crippen LogP contribution in [0.3, 0.4) is 0 Å². The molecular formula is C20H13Cl2NO4. The molecular weight excluding hydrogens is 389 g/mol. The third-order valence-corrected chi connectivity index (χ3v) is 5.51. The Morgan fingerprint density at radius 2 is 1.41 bits per heavy atom. The van der Waals surface area contributed by atoms with E-state index in [0.717, 1.165) is 16.0 Å². The van der Waals surface area contributed by atoms with E-state index in [9.17, 15) is 14.4 Å². The maximum Gasteiger partial charge on any atom is 0.336 e. The maximum absolute atomic E-state index is 12.7. The van der Waals surface area contributed by atoms with Gasteiger partial charge < -0.3 is 4.42 Å². The summed E-state index contributed by atoms with van der Waals surface area (Å²) >= 11 is 12.0. The number of aryl methyl sites for hydroxylation is 2. The average Bonchev–Trinajstić information content (AvgIpc) is 2.82. The van der Waals surface area contributed by atoms with Crippen LogP contribution in [0.5, 0.6) is 0 Å². The molecule has 0 spiro atoms. The van der Waals surface area contributed by atoms with E-state index in [1.165, 1.54) is 18.2 Å². The smallest absolute Gasteiger partial charge is 0.336 e. The van der Waals surface area contributed by atoms with Crippen LogP contribution in [0, 0.1) is 13.8 Å². The SMILES string of the molecule is Cc1cc2oc(=O)cc(CN3C(=O)c4cc(Cl)c(Cl)cc4C3=O)c2cc1C. The Bertz CT molecular complexity index is 1170. The number of hydrogen-bond donors (Lipinski definition) is 0. The Hall–Kier alpha value is -2.63. The third-order valence-electron chi connectivity index (χ3n) is 4.78. The molecule has 3 aromatic rings. The Labute approximate surface area is 164 Å². The van der Waals surface area contributed by atoms with E-state index in [2.05, 4.69) is 0 Å². The molecule has 0 bridgehead atoms. The van der Waals surface area contributed by atoms with E-state index in [-0.39, 0.29) is 27.7 Å². The summed E-state index contributed by atoms with van der Waals surface area (Å²) in [6.45, 7) is 3.81. The summed E-state index contributed by atoms with van der Waals surface area (Å²) in [7, 11) is 0. The van der Waals surface area contributed by atoms with Crippen molar-refractivity contribution in [1.29, 1.82) is 0 Å². The Morgan fingerprint density at radius 1 is 0.852 bits per heavy atom. The highest BCUT2D eigenvalue weighted by Crippen LogP contribution is 2.33. The van der Waals surface area contributed by atoms with Gasteiger partial charge in [-0.2, -0.15) is 0 Å². The van der Waals surface area contributed by atoms with Crippen LogP contribution in [0.2, 0.25) is 10.0 Å². The van der Waals surface area contributed by atoms with Crippen molar-refractivity contribution in [3.8, 4) is 0 Å². The van der Waals surface area contributed by atoms with Crippen LogP contribution in [0.25, 0.3) is 11.0 Å². The Balaban J connectivity index is 1.81. The number of nitrogens with zero attached hydrogens (tertiary/aromatic N) is 1. The van der Waals surface area contributed by atoms with Gasteiger partial charge in [0.25, 0.3) is 11.8 Å². The van der Waals surface area contributed by atoms with Crippen LogP contribution in [-0.4, -0.2) is 16.7 Å². The van der Waals surface area contributed by atoms with Gasteiger partial charge in [-0.25, -0.2) is 4.79 Å². The molecule has 0 N–H and O–H groups in total. The minimum atomic E-state index is -0.538. The fraction of sp³-hybridized carbons (Fsp3) is 0.150. The minimum Gasteiger partial charge on any atom is -0.423 e. The zero-order valence-corrected chi connectivity index (χ0v) is 15.9. The van der Waals surface area contributed by atoms with Crippen molar-refractivity contribution < 1.29 is 14.0 Å². The Kier molecular flexibility index (Phi) is 4.09. The van der Waals surface area contributed by atoms with Gasteiger partial charge in [-0.15, -0.1) is 0 Å². The lowest BCUT2D eigenvalue weighted by Gasteiger charge is -2.15. The second-order valence-electron chi connectivity index (χ2n) is 6.53. The molecule has 0 aliphatic carbocycles. The van der Waals surface area contributed by atoms with Gasteiger partial charge in [0.1, 0.15) is 5.58 Å². The highest BCUT2D eigenvalue weighted by atomic mass is 35.5. The second-order valence-corrected chi connectivity index (χ2v) is 7.35. The summed E-state index contributed by atoms with van der Waals surface area (Å²) in [6, 6.07) is 7.75. The molecule has 1 aromatic heterocycles. The lowest BCUT2D eigenvalue weighted by Crippen LogP contribution is -2.29. The maximum atomic E-state index is 12.7. The van der Waals surface area contributed by atoms with E-state index < -0.39 is 17.4 Å². The van der Waals surface area contributed by atoms with Crippen molar-refractivity contribution in [2.45, 2.75) is 20.4 Å². The number of halogens is 2. The van der Waals surface area contributed by atoms with Gasteiger partial charge in [-0.05, 0) is 54.8 Å². The zero-order chi connectivity index (χ0) is 19.5. The summed E-state index contributed by atoms with van der Waals surface area (Å²) < 4.78 is 5.27. The first-order valence-electron chi connectivity index (χ1n) is 8.15. The normalized spacial score (nSPS) is 13.6. The van der Waals surface area contributed by atoms with Crippen LogP contribution in [0.15, 0.2) is 39.5 Å². The van der Waals surface area contributed by atoms with E-state index in [1.54, 1.807) is 6.07 Å². The number of carbonyl (C=O) groups excluding carboxylic acids is 2. The molecule has 0 unspecified atom stereocenters. The van der Waals surface area contributed by atoms with Crippen molar-refractivity contribution in [2.24, 2.45) is 0 Å². The first kappa shape index (κ1) is 17.8. The Morgan fingerprint density at radius 3 is 2.00 bits per heavy atom. The molecule has 136 valence electrons. The van der Waals surface area contributed by atoms with Crippen molar-refractivity contribution in [3.05, 3.63) is 78.6 Å². The molecule has 0 saturated heterocycles. The predicted molar refractivity (Wildman–Crippen MR) is 103 cm³/mol. The summed E-state index contributed by atoms with van der Waals surface area (Å²) in [4.78, 5) is 38.5. The molecule has 2 heterocycles. The molecule has 0 radical (unpaired) electrons. The van der Waals surface area contributed by atoms with E-state index >= 15 is 0 Å². The number of rotatable bonds is 2. The van der Waals surface area contributed by atoms with Gasteiger partial charge >= 0.3 is 5.63 Å². The standard InChI is InChI=1S/C20H13Cl2NO4/c1-9-3-12-11(5-18(24)27-17(12)4-10(9)2)8-23-19(25)13-6-15(21)16(22)7-14(13)20(23)26/h3-7H,8H2,1-2H3. The molecule has 0 fully saturated rings. The topological polar surface area (TPSA) is 67.6 Å². The predicted octanol–water partition coefficient (Wildman–Crippen LogP) is 4.51. The van der Waals surface area contributed by atoms with Crippen LogP contribution in [0.1, 0.15) is 37.4 Å². The van der Waals surface area contributed by atoms with Crippen LogP contribution < -0.4 is 5.63 Å². The van der Waals surface area contributed by atoms with Gasteiger partial charge in [-0.1, -0.05) is 23.2 Å². The molecule has 0 saturated carbocycles. The highest BCUT2D eigenvalue weighted by molar-refractivity contribution is 6.43. The van der Waals surface area contributed by atoms with Crippen LogP contribution in [0.4, 0.5) is 0 Å². The largest absolute Gasteiger partial charge is 0.423 e. The van der Waals surface area contributed by atoms with Gasteiger partial charge in [0.05, 0.1) is 27.7 Å². The van der Waals surface area contributed by atoms with E-state index in [0.29, 0.717) is 16.5 Å². The van der Waals surface area contributed by atoms with Gasteiger partial charge in [0, 0.05) is 11.5 Å². The average molecular weight is 402 g/mol. The van der Waals surface area contributed by atoms with E-state index in [4.69, 9.17) is 27.6 Å². The number of benzene rings is 2. The van der Waals surface area contributed by atoms with Crippen molar-refractivity contribution in [2.75, 3.05) is 0 Å². The van der Waals surface area contributed by atoms with Gasteiger partial charge in [0.15, 0.2) is 0 Å². The quantitative estimate of drug-likeness (QED) is 0.467.